The first kappa shape index (κ1) is 22.0. The molecule has 1 fully saturated rings. The smallest absolute Gasteiger partial charge is 0.228 e. The Balaban J connectivity index is 1.81. The van der Waals surface area contributed by atoms with E-state index in [4.69, 9.17) is 0 Å². The molecule has 2 aromatic rings. The Bertz CT molecular complexity index is 848. The fraction of sp³-hybridized carbons (Fsp3) is 0.480. The highest BCUT2D eigenvalue weighted by Gasteiger charge is 2.43. The molecule has 0 bridgehead atoms. The van der Waals surface area contributed by atoms with E-state index < -0.39 is 5.41 Å². The summed E-state index contributed by atoms with van der Waals surface area (Å²) in [5, 5.41) is 3.03. The Labute approximate surface area is 179 Å². The Hall–Kier alpha value is -2.69. The molecule has 1 saturated heterocycles. The van der Waals surface area contributed by atoms with Gasteiger partial charge in [0.25, 0.3) is 0 Å². The summed E-state index contributed by atoms with van der Waals surface area (Å²) in [6.07, 6.45) is 6.44. The number of nitrogens with one attached hydrogen (secondary N) is 1. The zero-order valence-electron chi connectivity index (χ0n) is 18.4. The summed E-state index contributed by atoms with van der Waals surface area (Å²) < 4.78 is 0. The van der Waals surface area contributed by atoms with E-state index in [2.05, 4.69) is 48.4 Å². The molecule has 2 heterocycles. The SMILES string of the molecule is CCNC(=O)[C@]1(Cc2ccc(-c3cccnc3)cc2)CCCN(C(=O)CC(C)C)C1. The van der Waals surface area contributed by atoms with Crippen LogP contribution in [0.25, 0.3) is 11.1 Å². The number of hydrogen-bond donors (Lipinski definition) is 1. The van der Waals surface area contributed by atoms with Gasteiger partial charge in [-0.25, -0.2) is 0 Å². The monoisotopic (exact) mass is 407 g/mol. The molecule has 1 aromatic carbocycles. The third-order valence-corrected chi connectivity index (χ3v) is 5.82. The molecule has 0 spiro atoms. The van der Waals surface area contributed by atoms with E-state index in [1.165, 1.54) is 0 Å². The van der Waals surface area contributed by atoms with Gasteiger partial charge >= 0.3 is 0 Å². The largest absolute Gasteiger partial charge is 0.356 e. The van der Waals surface area contributed by atoms with Crippen molar-refractivity contribution >= 4 is 11.8 Å². The molecule has 160 valence electrons. The van der Waals surface area contributed by atoms with Crippen molar-refractivity contribution in [3.8, 4) is 11.1 Å². The third kappa shape index (κ3) is 5.26. The standard InChI is InChI=1S/C25H33N3O2/c1-4-27-24(30)25(12-6-14-28(18-25)23(29)15-19(2)3)16-20-8-10-21(11-9-20)22-7-5-13-26-17-22/h5,7-11,13,17,19H,4,6,12,14-16,18H2,1-3H3,(H,27,30)/t25-/m0/s1. The molecule has 0 unspecified atom stereocenters. The minimum Gasteiger partial charge on any atom is -0.356 e. The number of piperidine rings is 1. The molecule has 1 atom stereocenters. The Morgan fingerprint density at radius 3 is 2.57 bits per heavy atom. The Kier molecular flexibility index (Phi) is 7.24. The first-order valence-corrected chi connectivity index (χ1v) is 11.0. The summed E-state index contributed by atoms with van der Waals surface area (Å²) in [6.45, 7) is 7.89. The number of carbonyl (C=O) groups excluding carboxylic acids is 2. The zero-order valence-corrected chi connectivity index (χ0v) is 18.4. The number of likely N-dealkylation sites (tertiary alicyclic amines) is 1. The number of pyridine rings is 1. The van der Waals surface area contributed by atoms with E-state index in [1.807, 2.05) is 30.2 Å². The number of rotatable bonds is 7. The molecule has 3 rings (SSSR count). The number of carbonyl (C=O) groups is 2. The fourth-order valence-electron chi connectivity index (χ4n) is 4.32. The molecule has 1 N–H and O–H groups in total. The lowest BCUT2D eigenvalue weighted by atomic mass is 9.74. The Morgan fingerprint density at radius 1 is 1.17 bits per heavy atom. The van der Waals surface area contributed by atoms with E-state index in [-0.39, 0.29) is 11.8 Å². The van der Waals surface area contributed by atoms with Crippen LogP contribution >= 0.6 is 0 Å². The summed E-state index contributed by atoms with van der Waals surface area (Å²) >= 11 is 0. The van der Waals surface area contributed by atoms with Crippen molar-refractivity contribution < 1.29 is 9.59 Å². The number of hydrogen-bond acceptors (Lipinski definition) is 3. The van der Waals surface area contributed by atoms with Crippen LogP contribution in [0.1, 0.15) is 45.6 Å². The van der Waals surface area contributed by atoms with Gasteiger partial charge in [0, 0.05) is 38.4 Å². The molecule has 30 heavy (non-hydrogen) atoms. The van der Waals surface area contributed by atoms with Gasteiger partial charge in [-0.1, -0.05) is 44.2 Å². The summed E-state index contributed by atoms with van der Waals surface area (Å²) in [4.78, 5) is 32.0. The van der Waals surface area contributed by atoms with Crippen molar-refractivity contribution in [2.75, 3.05) is 19.6 Å². The molecular weight excluding hydrogens is 374 g/mol. The predicted molar refractivity (Wildman–Crippen MR) is 120 cm³/mol. The van der Waals surface area contributed by atoms with Crippen LogP contribution in [0.4, 0.5) is 0 Å². The van der Waals surface area contributed by atoms with Crippen molar-refractivity contribution in [1.82, 2.24) is 15.2 Å². The summed E-state index contributed by atoms with van der Waals surface area (Å²) in [7, 11) is 0. The topological polar surface area (TPSA) is 62.3 Å². The van der Waals surface area contributed by atoms with Crippen LogP contribution in [-0.2, 0) is 16.0 Å². The number of aromatic nitrogens is 1. The van der Waals surface area contributed by atoms with Gasteiger partial charge < -0.3 is 10.2 Å². The summed E-state index contributed by atoms with van der Waals surface area (Å²) in [5.74, 6) is 0.534. The second-order valence-electron chi connectivity index (χ2n) is 8.77. The van der Waals surface area contributed by atoms with Crippen LogP contribution in [0.3, 0.4) is 0 Å². The van der Waals surface area contributed by atoms with Gasteiger partial charge in [0.05, 0.1) is 5.41 Å². The highest BCUT2D eigenvalue weighted by molar-refractivity contribution is 5.85. The van der Waals surface area contributed by atoms with Gasteiger partial charge in [-0.15, -0.1) is 0 Å². The average Bonchev–Trinajstić information content (AvgIpc) is 2.75. The third-order valence-electron chi connectivity index (χ3n) is 5.82. The van der Waals surface area contributed by atoms with Gasteiger partial charge in [0.1, 0.15) is 0 Å². The van der Waals surface area contributed by atoms with Crippen LogP contribution in [0, 0.1) is 11.3 Å². The number of amides is 2. The predicted octanol–water partition coefficient (Wildman–Crippen LogP) is 4.08. The maximum absolute atomic E-state index is 13.1. The van der Waals surface area contributed by atoms with Crippen LogP contribution in [-0.4, -0.2) is 41.3 Å². The molecular formula is C25H33N3O2. The van der Waals surface area contributed by atoms with Crippen LogP contribution in [0.5, 0.6) is 0 Å². The van der Waals surface area contributed by atoms with Gasteiger partial charge in [-0.3, -0.25) is 14.6 Å². The van der Waals surface area contributed by atoms with Crippen molar-refractivity contribution in [3.05, 3.63) is 54.4 Å². The first-order chi connectivity index (χ1) is 14.4. The molecule has 2 amide bonds. The molecule has 0 saturated carbocycles. The quantitative estimate of drug-likeness (QED) is 0.752. The van der Waals surface area contributed by atoms with Gasteiger partial charge in [0.2, 0.25) is 11.8 Å². The van der Waals surface area contributed by atoms with Gasteiger partial charge in [-0.05, 0) is 54.9 Å². The summed E-state index contributed by atoms with van der Waals surface area (Å²) in [6, 6.07) is 12.3. The Morgan fingerprint density at radius 2 is 1.93 bits per heavy atom. The molecule has 5 heteroatoms. The lowest BCUT2D eigenvalue weighted by Crippen LogP contribution is -2.54. The molecule has 1 aliphatic heterocycles. The molecule has 0 aliphatic carbocycles. The van der Waals surface area contributed by atoms with Gasteiger partial charge in [0.15, 0.2) is 0 Å². The van der Waals surface area contributed by atoms with Crippen molar-refractivity contribution in [3.63, 3.8) is 0 Å². The van der Waals surface area contributed by atoms with E-state index in [0.717, 1.165) is 36.1 Å². The minimum absolute atomic E-state index is 0.0587. The second-order valence-corrected chi connectivity index (χ2v) is 8.77. The highest BCUT2D eigenvalue weighted by Crippen LogP contribution is 2.35. The van der Waals surface area contributed by atoms with E-state index >= 15 is 0 Å². The molecule has 1 aromatic heterocycles. The zero-order chi connectivity index (χ0) is 21.6. The van der Waals surface area contributed by atoms with Crippen LogP contribution < -0.4 is 5.32 Å². The normalized spacial score (nSPS) is 19.0. The van der Waals surface area contributed by atoms with E-state index in [9.17, 15) is 9.59 Å². The lowest BCUT2D eigenvalue weighted by molar-refractivity contribution is -0.142. The number of nitrogens with zero attached hydrogens (tertiary/aromatic N) is 2. The lowest BCUT2D eigenvalue weighted by Gasteiger charge is -2.42. The molecule has 1 aliphatic rings. The van der Waals surface area contributed by atoms with E-state index in [1.54, 1.807) is 6.20 Å². The highest BCUT2D eigenvalue weighted by atomic mass is 16.2. The molecule has 0 radical (unpaired) electrons. The maximum Gasteiger partial charge on any atom is 0.228 e. The summed E-state index contributed by atoms with van der Waals surface area (Å²) in [5.41, 5.74) is 2.73. The molecule has 5 nitrogen and oxygen atoms in total. The van der Waals surface area contributed by atoms with Crippen molar-refractivity contribution in [1.29, 1.82) is 0 Å². The maximum atomic E-state index is 13.1. The van der Waals surface area contributed by atoms with Crippen molar-refractivity contribution in [2.45, 2.75) is 46.5 Å². The van der Waals surface area contributed by atoms with Gasteiger partial charge in [-0.2, -0.15) is 0 Å². The van der Waals surface area contributed by atoms with Crippen molar-refractivity contribution in [2.24, 2.45) is 11.3 Å². The fourth-order valence-corrected chi connectivity index (χ4v) is 4.32. The average molecular weight is 408 g/mol. The minimum atomic E-state index is -0.573. The second kappa shape index (κ2) is 9.88. The number of benzene rings is 1. The van der Waals surface area contributed by atoms with Crippen LogP contribution in [0.15, 0.2) is 48.8 Å². The first-order valence-electron chi connectivity index (χ1n) is 11.0. The van der Waals surface area contributed by atoms with Crippen LogP contribution in [0.2, 0.25) is 0 Å². The van der Waals surface area contributed by atoms with E-state index in [0.29, 0.717) is 31.8 Å².